The molecular formula is C22H29N5O4. The van der Waals surface area contributed by atoms with E-state index in [2.05, 4.69) is 10.3 Å². The molecule has 0 fully saturated rings. The van der Waals surface area contributed by atoms with Gasteiger partial charge in [0.25, 0.3) is 11.5 Å². The predicted molar refractivity (Wildman–Crippen MR) is 117 cm³/mol. The average Bonchev–Trinajstić information content (AvgIpc) is 2.73. The van der Waals surface area contributed by atoms with Crippen LogP contribution < -0.4 is 16.4 Å². The topological polar surface area (TPSA) is 111 Å². The highest BCUT2D eigenvalue weighted by Crippen LogP contribution is 2.12. The summed E-state index contributed by atoms with van der Waals surface area (Å²) in [5.74, 6) is -0.426. The summed E-state index contributed by atoms with van der Waals surface area (Å²) in [5.41, 5.74) is 1.66. The van der Waals surface area contributed by atoms with Gasteiger partial charge in [0.1, 0.15) is 16.8 Å². The lowest BCUT2D eigenvalue weighted by Crippen LogP contribution is -2.36. The summed E-state index contributed by atoms with van der Waals surface area (Å²) >= 11 is 0. The highest BCUT2D eigenvalue weighted by atomic mass is 16.5. The minimum absolute atomic E-state index is 0.00956. The summed E-state index contributed by atoms with van der Waals surface area (Å²) in [6, 6.07) is 5.12. The zero-order valence-corrected chi connectivity index (χ0v) is 18.4. The number of nitrogens with zero attached hydrogens (tertiary/aromatic N) is 3. The van der Waals surface area contributed by atoms with Crippen LogP contribution in [0.5, 0.6) is 0 Å². The van der Waals surface area contributed by atoms with Gasteiger partial charge in [0.2, 0.25) is 0 Å². The predicted octanol–water partition coefficient (Wildman–Crippen LogP) is 1.63. The standard InChI is InChI=1S/C22H29N5O4/c1-14(2)31-10-5-9-26-19(23)16(21(28)24-8-11-30-4)12-17-20(26)25-18-7-6-15(3)13-27(18)22(17)29/h6-7,12-14,23H,5,8-11H2,1-4H3,(H,24,28). The summed E-state index contributed by atoms with van der Waals surface area (Å²) in [6.07, 6.45) is 2.44. The largest absolute Gasteiger partial charge is 0.383 e. The zero-order valence-electron chi connectivity index (χ0n) is 18.4. The Balaban J connectivity index is 2.15. The molecule has 3 rings (SSSR count). The van der Waals surface area contributed by atoms with E-state index in [1.807, 2.05) is 26.8 Å². The maximum Gasteiger partial charge on any atom is 0.267 e. The first kappa shape index (κ1) is 22.6. The molecule has 31 heavy (non-hydrogen) atoms. The van der Waals surface area contributed by atoms with E-state index in [-0.39, 0.29) is 22.7 Å². The third kappa shape index (κ3) is 5.00. The van der Waals surface area contributed by atoms with Crippen molar-refractivity contribution in [3.8, 4) is 0 Å². The first-order chi connectivity index (χ1) is 14.8. The number of aryl methyl sites for hydroxylation is 2. The average molecular weight is 428 g/mol. The number of methoxy groups -OCH3 is 1. The van der Waals surface area contributed by atoms with Crippen LogP contribution in [0.15, 0.2) is 29.2 Å². The minimum Gasteiger partial charge on any atom is -0.383 e. The van der Waals surface area contributed by atoms with Gasteiger partial charge in [0.05, 0.1) is 23.7 Å². The number of hydrogen-bond acceptors (Lipinski definition) is 6. The third-order valence-corrected chi connectivity index (χ3v) is 4.87. The van der Waals surface area contributed by atoms with E-state index in [4.69, 9.17) is 14.9 Å². The van der Waals surface area contributed by atoms with E-state index in [0.29, 0.717) is 49.4 Å². The number of ether oxygens (including phenoxy) is 2. The Hall–Kier alpha value is -3.04. The normalized spacial score (nSPS) is 11.5. The SMILES string of the molecule is COCCNC(=O)c1cc2c(=O)n3cc(C)ccc3nc2n(CCCOC(C)C)c1=N. The van der Waals surface area contributed by atoms with Gasteiger partial charge in [-0.25, -0.2) is 4.98 Å². The number of rotatable bonds is 9. The molecule has 0 bridgehead atoms. The van der Waals surface area contributed by atoms with E-state index in [0.717, 1.165) is 5.56 Å². The fourth-order valence-electron chi connectivity index (χ4n) is 3.34. The van der Waals surface area contributed by atoms with Crippen molar-refractivity contribution in [2.45, 2.75) is 39.8 Å². The molecular weight excluding hydrogens is 398 g/mol. The molecule has 3 aromatic heterocycles. The van der Waals surface area contributed by atoms with E-state index in [1.165, 1.54) is 10.5 Å². The maximum absolute atomic E-state index is 13.2. The van der Waals surface area contributed by atoms with E-state index < -0.39 is 5.91 Å². The second kappa shape index (κ2) is 9.84. The van der Waals surface area contributed by atoms with Crippen LogP contribution in [0.4, 0.5) is 0 Å². The molecule has 0 aliphatic carbocycles. The van der Waals surface area contributed by atoms with Crippen LogP contribution in [0.1, 0.15) is 36.2 Å². The van der Waals surface area contributed by atoms with Crippen molar-refractivity contribution in [1.29, 1.82) is 5.41 Å². The van der Waals surface area contributed by atoms with Crippen LogP contribution in [0.25, 0.3) is 16.7 Å². The lowest BCUT2D eigenvalue weighted by atomic mass is 10.2. The second-order valence-electron chi connectivity index (χ2n) is 7.67. The van der Waals surface area contributed by atoms with Gasteiger partial charge in [0.15, 0.2) is 0 Å². The van der Waals surface area contributed by atoms with Gasteiger partial charge in [-0.05, 0) is 44.9 Å². The van der Waals surface area contributed by atoms with Crippen LogP contribution in [0.2, 0.25) is 0 Å². The molecule has 3 aromatic rings. The van der Waals surface area contributed by atoms with Crippen molar-refractivity contribution in [2.24, 2.45) is 0 Å². The molecule has 0 atom stereocenters. The van der Waals surface area contributed by atoms with Crippen LogP contribution in [-0.4, -0.2) is 52.8 Å². The van der Waals surface area contributed by atoms with E-state index in [1.54, 1.807) is 23.9 Å². The van der Waals surface area contributed by atoms with Crippen LogP contribution in [0, 0.1) is 12.3 Å². The van der Waals surface area contributed by atoms with Gasteiger partial charge in [-0.15, -0.1) is 0 Å². The summed E-state index contributed by atoms with van der Waals surface area (Å²) in [4.78, 5) is 30.6. The Morgan fingerprint density at radius 1 is 1.29 bits per heavy atom. The number of nitrogens with one attached hydrogen (secondary N) is 2. The molecule has 0 spiro atoms. The van der Waals surface area contributed by atoms with Crippen molar-refractivity contribution in [3.05, 3.63) is 51.4 Å². The quantitative estimate of drug-likeness (QED) is 0.398. The van der Waals surface area contributed by atoms with Gasteiger partial charge in [-0.3, -0.25) is 19.4 Å². The number of carbonyl (C=O) groups is 1. The van der Waals surface area contributed by atoms with Gasteiger partial charge >= 0.3 is 0 Å². The second-order valence-corrected chi connectivity index (χ2v) is 7.67. The third-order valence-electron chi connectivity index (χ3n) is 4.87. The first-order valence-electron chi connectivity index (χ1n) is 10.3. The molecule has 2 N–H and O–H groups in total. The Labute approximate surface area is 180 Å². The fraction of sp³-hybridized carbons (Fsp3) is 0.455. The highest BCUT2D eigenvalue weighted by molar-refractivity contribution is 5.96. The fourth-order valence-corrected chi connectivity index (χ4v) is 3.34. The van der Waals surface area contributed by atoms with Crippen molar-refractivity contribution < 1.29 is 14.3 Å². The summed E-state index contributed by atoms with van der Waals surface area (Å²) in [5, 5.41) is 11.7. The minimum atomic E-state index is -0.426. The number of fused-ring (bicyclic) bond motifs is 2. The van der Waals surface area contributed by atoms with E-state index in [9.17, 15) is 9.59 Å². The van der Waals surface area contributed by atoms with E-state index >= 15 is 0 Å². The molecule has 9 heteroatoms. The molecule has 166 valence electrons. The monoisotopic (exact) mass is 427 g/mol. The lowest BCUT2D eigenvalue weighted by molar-refractivity contribution is 0.0748. The highest BCUT2D eigenvalue weighted by Gasteiger charge is 2.17. The Bertz CT molecular complexity index is 1210. The molecule has 3 heterocycles. The smallest absolute Gasteiger partial charge is 0.267 e. The molecule has 0 radical (unpaired) electrons. The summed E-state index contributed by atoms with van der Waals surface area (Å²) < 4.78 is 13.7. The molecule has 0 saturated carbocycles. The van der Waals surface area contributed by atoms with Gasteiger partial charge in [-0.1, -0.05) is 6.07 Å². The summed E-state index contributed by atoms with van der Waals surface area (Å²) in [7, 11) is 1.55. The first-order valence-corrected chi connectivity index (χ1v) is 10.3. The Morgan fingerprint density at radius 3 is 2.77 bits per heavy atom. The summed E-state index contributed by atoms with van der Waals surface area (Å²) in [6.45, 7) is 7.38. The molecule has 1 amide bonds. The zero-order chi connectivity index (χ0) is 22.5. The van der Waals surface area contributed by atoms with Gasteiger partial charge in [0, 0.05) is 33.0 Å². The Kier molecular flexibility index (Phi) is 7.19. The maximum atomic E-state index is 13.2. The van der Waals surface area contributed by atoms with Gasteiger partial charge in [-0.2, -0.15) is 0 Å². The lowest BCUT2D eigenvalue weighted by Gasteiger charge is -2.15. The van der Waals surface area contributed by atoms with Crippen molar-refractivity contribution in [2.75, 3.05) is 26.9 Å². The van der Waals surface area contributed by atoms with Crippen LogP contribution in [0.3, 0.4) is 0 Å². The van der Waals surface area contributed by atoms with Crippen molar-refractivity contribution in [1.82, 2.24) is 19.3 Å². The number of pyridine rings is 2. The number of hydrogen-bond donors (Lipinski definition) is 2. The van der Waals surface area contributed by atoms with Crippen LogP contribution in [-0.2, 0) is 16.0 Å². The number of carbonyl (C=O) groups excluding carboxylic acids is 1. The number of amides is 1. The molecule has 0 aliphatic heterocycles. The number of aromatic nitrogens is 3. The molecule has 0 unspecified atom stereocenters. The molecule has 0 saturated heterocycles. The molecule has 9 nitrogen and oxygen atoms in total. The van der Waals surface area contributed by atoms with Gasteiger partial charge < -0.3 is 19.4 Å². The molecule has 0 aliphatic rings. The van der Waals surface area contributed by atoms with Crippen molar-refractivity contribution >= 4 is 22.6 Å². The Morgan fingerprint density at radius 2 is 2.06 bits per heavy atom. The van der Waals surface area contributed by atoms with Crippen LogP contribution >= 0.6 is 0 Å². The van der Waals surface area contributed by atoms with Crippen molar-refractivity contribution in [3.63, 3.8) is 0 Å². The molecule has 0 aromatic carbocycles.